The Labute approximate surface area is 172 Å². The SMILES string of the molecule is CNc1c(-c2nc3ccc(N4CCN(C)CC4)cc3[nH]2)c(=O)[nH]c2cccc(F)c12. The van der Waals surface area contributed by atoms with E-state index in [-0.39, 0.29) is 5.56 Å². The van der Waals surface area contributed by atoms with Crippen molar-refractivity contribution in [1.29, 1.82) is 0 Å². The smallest absolute Gasteiger partial charge is 0.261 e. The third-order valence-corrected chi connectivity index (χ3v) is 5.81. The normalized spacial score (nSPS) is 15.2. The van der Waals surface area contributed by atoms with Crippen LogP contribution in [0.5, 0.6) is 0 Å². The van der Waals surface area contributed by atoms with Gasteiger partial charge in [-0.1, -0.05) is 6.07 Å². The minimum absolute atomic E-state index is 0.299. The van der Waals surface area contributed by atoms with Crippen molar-refractivity contribution in [2.45, 2.75) is 0 Å². The minimum Gasteiger partial charge on any atom is -0.387 e. The zero-order valence-corrected chi connectivity index (χ0v) is 16.9. The summed E-state index contributed by atoms with van der Waals surface area (Å²) in [5, 5.41) is 3.34. The Kier molecular flexibility index (Phi) is 4.43. The first-order valence-electron chi connectivity index (χ1n) is 10.0. The number of aromatic nitrogens is 3. The van der Waals surface area contributed by atoms with Gasteiger partial charge in [-0.15, -0.1) is 0 Å². The van der Waals surface area contributed by atoms with Crippen molar-refractivity contribution < 1.29 is 4.39 Å². The fourth-order valence-corrected chi connectivity index (χ4v) is 4.16. The molecule has 1 aliphatic rings. The lowest BCUT2D eigenvalue weighted by atomic mass is 10.1. The third kappa shape index (κ3) is 3.00. The Hall–Kier alpha value is -3.39. The number of likely N-dealkylation sites (N-methyl/N-ethyl adjacent to an activating group) is 1. The van der Waals surface area contributed by atoms with Gasteiger partial charge in [-0.3, -0.25) is 4.79 Å². The van der Waals surface area contributed by atoms with Crippen molar-refractivity contribution in [3.05, 3.63) is 52.6 Å². The van der Waals surface area contributed by atoms with Gasteiger partial charge in [0.15, 0.2) is 0 Å². The lowest BCUT2D eigenvalue weighted by Crippen LogP contribution is -2.44. The third-order valence-electron chi connectivity index (χ3n) is 5.81. The van der Waals surface area contributed by atoms with Gasteiger partial charge in [-0.2, -0.15) is 0 Å². The molecule has 5 rings (SSSR count). The van der Waals surface area contributed by atoms with E-state index in [1.54, 1.807) is 19.2 Å². The highest BCUT2D eigenvalue weighted by Gasteiger charge is 2.20. The summed E-state index contributed by atoms with van der Waals surface area (Å²) in [4.78, 5) is 28.2. The highest BCUT2D eigenvalue weighted by atomic mass is 19.1. The first kappa shape index (κ1) is 18.6. The Balaban J connectivity index is 1.63. The van der Waals surface area contributed by atoms with Crippen LogP contribution in [0.1, 0.15) is 0 Å². The minimum atomic E-state index is -0.400. The standard InChI is InChI=1S/C22H23FN6O/c1-24-20-18-14(23)4-3-5-16(18)27-22(30)19(20)21-25-15-7-6-13(12-17(15)26-21)29-10-8-28(2)9-11-29/h3-7,12H,8-11H2,1-2H3,(H,25,26)(H2,24,27,30). The monoisotopic (exact) mass is 406 g/mol. The van der Waals surface area contributed by atoms with Crippen LogP contribution < -0.4 is 15.8 Å². The fraction of sp³-hybridized carbons (Fsp3) is 0.273. The predicted molar refractivity (Wildman–Crippen MR) is 119 cm³/mol. The van der Waals surface area contributed by atoms with Gasteiger partial charge in [0.2, 0.25) is 0 Å². The number of anilines is 2. The molecule has 2 aromatic heterocycles. The molecule has 0 aliphatic carbocycles. The average Bonchev–Trinajstić information content (AvgIpc) is 3.16. The molecule has 3 heterocycles. The van der Waals surface area contributed by atoms with Crippen molar-refractivity contribution in [3.63, 3.8) is 0 Å². The summed E-state index contributed by atoms with van der Waals surface area (Å²) in [5.41, 5.74) is 3.57. The van der Waals surface area contributed by atoms with Crippen molar-refractivity contribution in [2.24, 2.45) is 0 Å². The van der Waals surface area contributed by atoms with Gasteiger partial charge in [0.25, 0.3) is 5.56 Å². The zero-order valence-electron chi connectivity index (χ0n) is 16.9. The average molecular weight is 406 g/mol. The number of imidazole rings is 1. The number of nitrogens with zero attached hydrogens (tertiary/aromatic N) is 3. The van der Waals surface area contributed by atoms with Crippen molar-refractivity contribution >= 4 is 33.3 Å². The second-order valence-corrected chi connectivity index (χ2v) is 7.69. The van der Waals surface area contributed by atoms with E-state index in [9.17, 15) is 9.18 Å². The highest BCUT2D eigenvalue weighted by Crippen LogP contribution is 2.32. The highest BCUT2D eigenvalue weighted by molar-refractivity contribution is 5.99. The van der Waals surface area contributed by atoms with Crippen LogP contribution in [0.25, 0.3) is 33.3 Å². The first-order chi connectivity index (χ1) is 14.5. The maximum atomic E-state index is 14.6. The number of halogens is 1. The molecule has 2 aromatic carbocycles. The molecule has 30 heavy (non-hydrogen) atoms. The predicted octanol–water partition coefficient (Wildman–Crippen LogP) is 3.00. The second kappa shape index (κ2) is 7.14. The van der Waals surface area contributed by atoms with Crippen LogP contribution in [-0.2, 0) is 0 Å². The summed E-state index contributed by atoms with van der Waals surface area (Å²) >= 11 is 0. The van der Waals surface area contributed by atoms with Crippen molar-refractivity contribution in [3.8, 4) is 11.4 Å². The molecule has 0 radical (unpaired) electrons. The van der Waals surface area contributed by atoms with Crippen molar-refractivity contribution in [2.75, 3.05) is 50.5 Å². The molecule has 8 heteroatoms. The molecule has 1 aliphatic heterocycles. The van der Waals surface area contributed by atoms with E-state index in [1.807, 2.05) is 6.07 Å². The number of rotatable bonds is 3. The summed E-state index contributed by atoms with van der Waals surface area (Å²) < 4.78 is 14.6. The molecule has 0 amide bonds. The summed E-state index contributed by atoms with van der Waals surface area (Å²) in [6.45, 7) is 3.98. The Bertz CT molecular complexity index is 1300. The summed E-state index contributed by atoms with van der Waals surface area (Å²) in [5.74, 6) is 0.0131. The zero-order chi connectivity index (χ0) is 20.8. The number of fused-ring (bicyclic) bond motifs is 2. The van der Waals surface area contributed by atoms with Crippen LogP contribution in [0.4, 0.5) is 15.8 Å². The number of nitrogens with one attached hydrogen (secondary N) is 3. The second-order valence-electron chi connectivity index (χ2n) is 7.69. The van der Waals surface area contributed by atoms with Gasteiger partial charge in [-0.05, 0) is 37.4 Å². The molecular formula is C22H23FN6O. The van der Waals surface area contributed by atoms with Gasteiger partial charge in [0.05, 0.1) is 27.6 Å². The largest absolute Gasteiger partial charge is 0.387 e. The molecule has 0 unspecified atom stereocenters. The summed E-state index contributed by atoms with van der Waals surface area (Å²) in [6.07, 6.45) is 0. The molecule has 1 saturated heterocycles. The van der Waals surface area contributed by atoms with E-state index in [0.717, 1.165) is 42.9 Å². The lowest BCUT2D eigenvalue weighted by molar-refractivity contribution is 0.313. The molecule has 1 fully saturated rings. The Morgan fingerprint density at radius 3 is 2.63 bits per heavy atom. The van der Waals surface area contributed by atoms with Gasteiger partial charge in [0.1, 0.15) is 17.2 Å². The van der Waals surface area contributed by atoms with Crippen LogP contribution >= 0.6 is 0 Å². The molecule has 0 spiro atoms. The number of H-pyrrole nitrogens is 2. The number of benzene rings is 2. The maximum absolute atomic E-state index is 14.6. The molecule has 0 saturated carbocycles. The van der Waals surface area contributed by atoms with Crippen LogP contribution in [0, 0.1) is 5.82 Å². The van der Waals surface area contributed by atoms with Crippen LogP contribution in [0.15, 0.2) is 41.2 Å². The molecule has 7 nitrogen and oxygen atoms in total. The molecule has 4 aromatic rings. The van der Waals surface area contributed by atoms with E-state index in [2.05, 4.69) is 49.2 Å². The molecule has 0 atom stereocenters. The quantitative estimate of drug-likeness (QED) is 0.487. The summed E-state index contributed by atoms with van der Waals surface area (Å²) in [7, 11) is 3.81. The van der Waals surface area contributed by atoms with Crippen LogP contribution in [-0.4, -0.2) is 60.1 Å². The van der Waals surface area contributed by atoms with Gasteiger partial charge < -0.3 is 25.1 Å². The van der Waals surface area contributed by atoms with E-state index in [0.29, 0.717) is 28.0 Å². The molecule has 0 bridgehead atoms. The molecule has 3 N–H and O–H groups in total. The van der Waals surface area contributed by atoms with Crippen LogP contribution in [0.3, 0.4) is 0 Å². The molecule has 154 valence electrons. The van der Waals surface area contributed by atoms with E-state index in [1.165, 1.54) is 6.07 Å². The van der Waals surface area contributed by atoms with Gasteiger partial charge >= 0.3 is 0 Å². The van der Waals surface area contributed by atoms with E-state index < -0.39 is 5.82 Å². The fourth-order valence-electron chi connectivity index (χ4n) is 4.16. The van der Waals surface area contributed by atoms with E-state index >= 15 is 0 Å². The Morgan fingerprint density at radius 1 is 1.07 bits per heavy atom. The number of pyridine rings is 1. The lowest BCUT2D eigenvalue weighted by Gasteiger charge is -2.34. The van der Waals surface area contributed by atoms with Crippen LogP contribution in [0.2, 0.25) is 0 Å². The number of hydrogen-bond donors (Lipinski definition) is 3. The Morgan fingerprint density at radius 2 is 1.87 bits per heavy atom. The van der Waals surface area contributed by atoms with Crippen molar-refractivity contribution in [1.82, 2.24) is 19.9 Å². The number of aromatic amines is 2. The topological polar surface area (TPSA) is 80.1 Å². The maximum Gasteiger partial charge on any atom is 0.261 e. The summed E-state index contributed by atoms with van der Waals surface area (Å²) in [6, 6.07) is 10.7. The van der Waals surface area contributed by atoms with Gasteiger partial charge in [0, 0.05) is 38.9 Å². The number of hydrogen-bond acceptors (Lipinski definition) is 5. The molecular weight excluding hydrogens is 383 g/mol. The first-order valence-corrected chi connectivity index (χ1v) is 10.0. The number of piperazine rings is 1. The van der Waals surface area contributed by atoms with Gasteiger partial charge in [-0.25, -0.2) is 9.37 Å². The van der Waals surface area contributed by atoms with E-state index in [4.69, 9.17) is 0 Å².